The second-order valence-corrected chi connectivity index (χ2v) is 2.86. The van der Waals surface area contributed by atoms with Gasteiger partial charge in [-0.25, -0.2) is 0 Å². The van der Waals surface area contributed by atoms with Crippen molar-refractivity contribution in [3.63, 3.8) is 0 Å². The summed E-state index contributed by atoms with van der Waals surface area (Å²) in [6, 6.07) is 8.01. The normalized spacial score (nSPS) is 10.3. The van der Waals surface area contributed by atoms with E-state index in [9.17, 15) is 0 Å². The largest absolute Gasteiger partial charge is 0.382 e. The van der Waals surface area contributed by atoms with Crippen LogP contribution in [0.1, 0.15) is 11.1 Å². The Balaban J connectivity index is 2.25. The van der Waals surface area contributed by atoms with Crippen molar-refractivity contribution in [2.75, 3.05) is 20.3 Å². The number of benzene rings is 1. The number of hydrogen-bond donors (Lipinski definition) is 0. The molecule has 0 saturated carbocycles. The molecule has 0 fully saturated rings. The molecule has 2 heteroatoms. The average molecular weight is 179 g/mol. The molecule has 0 bridgehead atoms. The molecule has 1 aromatic rings. The lowest BCUT2D eigenvalue weighted by Gasteiger charge is -2.03. The summed E-state index contributed by atoms with van der Waals surface area (Å²) >= 11 is 0. The van der Waals surface area contributed by atoms with E-state index in [1.165, 1.54) is 5.56 Å². The molecule has 0 unspecified atom stereocenters. The van der Waals surface area contributed by atoms with Crippen LogP contribution in [-0.4, -0.2) is 20.3 Å². The Kier molecular flexibility index (Phi) is 4.50. The van der Waals surface area contributed by atoms with Crippen molar-refractivity contribution in [1.82, 2.24) is 0 Å². The maximum Gasteiger partial charge on any atom is 0.0718 e. The Hall–Kier alpha value is -0.860. The van der Waals surface area contributed by atoms with Gasteiger partial charge in [0, 0.05) is 7.11 Å². The van der Waals surface area contributed by atoms with Crippen molar-refractivity contribution in [3.05, 3.63) is 42.3 Å². The second kappa shape index (κ2) is 5.73. The van der Waals surface area contributed by atoms with Crippen LogP contribution in [0.5, 0.6) is 0 Å². The van der Waals surface area contributed by atoms with Gasteiger partial charge in [-0.1, -0.05) is 24.3 Å². The van der Waals surface area contributed by atoms with Gasteiger partial charge >= 0.3 is 0 Å². The van der Waals surface area contributed by atoms with E-state index in [2.05, 4.69) is 6.92 Å². The lowest BCUT2D eigenvalue weighted by molar-refractivity contribution is 0.0616. The minimum absolute atomic E-state index is 0.641. The zero-order valence-electron chi connectivity index (χ0n) is 7.95. The monoisotopic (exact) mass is 179 g/mol. The van der Waals surface area contributed by atoms with E-state index in [1.807, 2.05) is 24.3 Å². The highest BCUT2D eigenvalue weighted by atomic mass is 16.5. The van der Waals surface area contributed by atoms with Crippen LogP contribution in [0, 0.1) is 6.92 Å². The smallest absolute Gasteiger partial charge is 0.0718 e. The van der Waals surface area contributed by atoms with Crippen molar-refractivity contribution in [2.45, 2.75) is 6.61 Å². The molecule has 1 rings (SSSR count). The van der Waals surface area contributed by atoms with Crippen LogP contribution >= 0.6 is 0 Å². The maximum atomic E-state index is 5.35. The van der Waals surface area contributed by atoms with Crippen molar-refractivity contribution < 1.29 is 9.47 Å². The van der Waals surface area contributed by atoms with Crippen LogP contribution in [0.2, 0.25) is 0 Å². The highest BCUT2D eigenvalue weighted by molar-refractivity contribution is 5.23. The zero-order valence-corrected chi connectivity index (χ0v) is 7.95. The number of ether oxygens (including phenoxy) is 2. The van der Waals surface area contributed by atoms with Gasteiger partial charge in [0.2, 0.25) is 0 Å². The van der Waals surface area contributed by atoms with Gasteiger partial charge in [-0.2, -0.15) is 0 Å². The summed E-state index contributed by atoms with van der Waals surface area (Å²) in [6.07, 6.45) is 0. The van der Waals surface area contributed by atoms with E-state index >= 15 is 0 Å². The minimum Gasteiger partial charge on any atom is -0.382 e. The number of hydrogen-bond acceptors (Lipinski definition) is 2. The summed E-state index contributed by atoms with van der Waals surface area (Å²) in [5.41, 5.74) is 2.20. The first-order valence-electron chi connectivity index (χ1n) is 4.30. The molecule has 0 heterocycles. The van der Waals surface area contributed by atoms with Crippen LogP contribution in [0.3, 0.4) is 0 Å². The molecule has 71 valence electrons. The van der Waals surface area contributed by atoms with Gasteiger partial charge in [-0.15, -0.1) is 0 Å². The van der Waals surface area contributed by atoms with Crippen molar-refractivity contribution in [1.29, 1.82) is 0 Å². The van der Waals surface area contributed by atoms with Crippen LogP contribution in [0.4, 0.5) is 0 Å². The summed E-state index contributed by atoms with van der Waals surface area (Å²) in [6.45, 7) is 5.74. The number of methoxy groups -OCH3 is 1. The average Bonchev–Trinajstić information content (AvgIpc) is 2.15. The van der Waals surface area contributed by atoms with Gasteiger partial charge in [0.15, 0.2) is 0 Å². The summed E-state index contributed by atoms with van der Waals surface area (Å²) in [5.74, 6) is 0. The molecule has 0 spiro atoms. The molecular formula is C11H15O2. The van der Waals surface area contributed by atoms with E-state index in [0.717, 1.165) is 5.56 Å². The lowest BCUT2D eigenvalue weighted by Crippen LogP contribution is -2.01. The van der Waals surface area contributed by atoms with Crippen molar-refractivity contribution in [3.8, 4) is 0 Å². The fourth-order valence-corrected chi connectivity index (χ4v) is 0.968. The molecule has 0 aliphatic rings. The lowest BCUT2D eigenvalue weighted by atomic mass is 10.2. The van der Waals surface area contributed by atoms with Crippen molar-refractivity contribution >= 4 is 0 Å². The molecule has 0 aliphatic heterocycles. The van der Waals surface area contributed by atoms with Gasteiger partial charge in [0.25, 0.3) is 0 Å². The number of rotatable bonds is 5. The molecule has 1 aromatic carbocycles. The van der Waals surface area contributed by atoms with E-state index in [4.69, 9.17) is 9.47 Å². The van der Waals surface area contributed by atoms with E-state index in [0.29, 0.717) is 19.8 Å². The van der Waals surface area contributed by atoms with Gasteiger partial charge in [0.1, 0.15) is 0 Å². The Bertz CT molecular complexity index is 228. The third-order valence-electron chi connectivity index (χ3n) is 1.72. The third-order valence-corrected chi connectivity index (χ3v) is 1.72. The van der Waals surface area contributed by atoms with Crippen LogP contribution in [-0.2, 0) is 16.1 Å². The molecular weight excluding hydrogens is 164 g/mol. The zero-order chi connectivity index (χ0) is 9.52. The highest BCUT2D eigenvalue weighted by Crippen LogP contribution is 2.03. The summed E-state index contributed by atoms with van der Waals surface area (Å²) < 4.78 is 10.2. The molecule has 0 saturated heterocycles. The first kappa shape index (κ1) is 10.2. The first-order chi connectivity index (χ1) is 6.33. The fraction of sp³-hybridized carbons (Fsp3) is 0.364. The molecule has 1 radical (unpaired) electrons. The molecule has 0 atom stereocenters. The summed E-state index contributed by atoms with van der Waals surface area (Å²) in [5, 5.41) is 0. The fourth-order valence-electron chi connectivity index (χ4n) is 0.968. The molecule has 13 heavy (non-hydrogen) atoms. The Morgan fingerprint density at radius 2 is 1.85 bits per heavy atom. The van der Waals surface area contributed by atoms with Crippen LogP contribution in [0.25, 0.3) is 0 Å². The predicted octanol–water partition coefficient (Wildman–Crippen LogP) is 2.03. The van der Waals surface area contributed by atoms with E-state index in [1.54, 1.807) is 7.11 Å². The van der Waals surface area contributed by atoms with Crippen molar-refractivity contribution in [2.24, 2.45) is 0 Å². The predicted molar refractivity (Wildman–Crippen MR) is 52.4 cm³/mol. The summed E-state index contributed by atoms with van der Waals surface area (Å²) in [4.78, 5) is 0. The molecule has 0 aromatic heterocycles. The molecule has 0 N–H and O–H groups in total. The minimum atomic E-state index is 0.641. The van der Waals surface area contributed by atoms with E-state index in [-0.39, 0.29) is 0 Å². The Morgan fingerprint density at radius 3 is 2.46 bits per heavy atom. The third kappa shape index (κ3) is 4.06. The van der Waals surface area contributed by atoms with Crippen LogP contribution < -0.4 is 0 Å². The SMILES string of the molecule is [CH2]c1ccc(COCCOC)cc1. The highest BCUT2D eigenvalue weighted by Gasteiger charge is 1.92. The van der Waals surface area contributed by atoms with Gasteiger partial charge in [-0.3, -0.25) is 0 Å². The summed E-state index contributed by atoms with van der Waals surface area (Å²) in [7, 11) is 1.67. The van der Waals surface area contributed by atoms with Gasteiger partial charge in [0.05, 0.1) is 19.8 Å². The Morgan fingerprint density at radius 1 is 1.15 bits per heavy atom. The molecule has 0 aliphatic carbocycles. The quantitative estimate of drug-likeness (QED) is 0.644. The topological polar surface area (TPSA) is 18.5 Å². The van der Waals surface area contributed by atoms with Gasteiger partial charge in [-0.05, 0) is 18.1 Å². The second-order valence-electron chi connectivity index (χ2n) is 2.86. The molecule has 2 nitrogen and oxygen atoms in total. The van der Waals surface area contributed by atoms with Gasteiger partial charge < -0.3 is 9.47 Å². The van der Waals surface area contributed by atoms with Crippen LogP contribution in [0.15, 0.2) is 24.3 Å². The maximum absolute atomic E-state index is 5.35. The standard InChI is InChI=1S/C11H15O2/c1-10-3-5-11(6-4-10)9-13-8-7-12-2/h3-6H,1,7-9H2,2H3. The van der Waals surface area contributed by atoms with E-state index < -0.39 is 0 Å². The molecule has 0 amide bonds. The Labute approximate surface area is 79.5 Å². The first-order valence-corrected chi connectivity index (χ1v) is 4.30.